The number of hydrogen-bond acceptors (Lipinski definition) is 4. The number of likely N-dealkylation sites (tertiary alicyclic amines) is 1. The predicted molar refractivity (Wildman–Crippen MR) is 108 cm³/mol. The van der Waals surface area contributed by atoms with Crippen molar-refractivity contribution in [2.75, 3.05) is 38.6 Å². The molecule has 0 N–H and O–H groups in total. The van der Waals surface area contributed by atoms with Crippen LogP contribution in [0, 0.1) is 0 Å². The molecule has 5 heteroatoms. The maximum Gasteiger partial charge on any atom is 0.272 e. The summed E-state index contributed by atoms with van der Waals surface area (Å²) in [5.74, 6) is 0.928. The lowest BCUT2D eigenvalue weighted by atomic mass is 10.1. The lowest BCUT2D eigenvalue weighted by Crippen LogP contribution is -2.28. The topological polar surface area (TPSA) is 39.7 Å². The molecule has 0 saturated carbocycles. The first-order valence-corrected chi connectivity index (χ1v) is 9.87. The highest BCUT2D eigenvalue weighted by Crippen LogP contribution is 2.25. The lowest BCUT2D eigenvalue weighted by Gasteiger charge is -2.22. The summed E-state index contributed by atoms with van der Waals surface area (Å²) >= 11 is 0. The molecule has 0 atom stereocenters. The number of carbonyl (C=O) groups is 1. The molecule has 5 nitrogen and oxygen atoms in total. The van der Waals surface area contributed by atoms with Crippen molar-refractivity contribution in [1.82, 2.24) is 14.8 Å². The van der Waals surface area contributed by atoms with Crippen LogP contribution in [0.4, 0.5) is 5.82 Å². The number of amides is 1. The molecule has 0 radical (unpaired) electrons. The summed E-state index contributed by atoms with van der Waals surface area (Å²) in [7, 11) is 3.90. The van der Waals surface area contributed by atoms with Gasteiger partial charge in [-0.05, 0) is 55.1 Å². The maximum absolute atomic E-state index is 12.9. The molecule has 2 aliphatic rings. The summed E-state index contributed by atoms with van der Waals surface area (Å²) in [6.45, 7) is 4.91. The predicted octanol–water partition coefficient (Wildman–Crippen LogP) is 2.94. The van der Waals surface area contributed by atoms with E-state index in [0.717, 1.165) is 25.3 Å². The average Bonchev–Trinajstić information content (AvgIpc) is 3.32. The van der Waals surface area contributed by atoms with E-state index in [4.69, 9.17) is 0 Å². The van der Waals surface area contributed by atoms with E-state index in [9.17, 15) is 4.79 Å². The van der Waals surface area contributed by atoms with Gasteiger partial charge in [0.15, 0.2) is 0 Å². The normalized spacial score (nSPS) is 16.6. The van der Waals surface area contributed by atoms with E-state index in [1.54, 1.807) is 4.90 Å². The van der Waals surface area contributed by atoms with Crippen molar-refractivity contribution >= 4 is 11.7 Å². The van der Waals surface area contributed by atoms with Crippen LogP contribution in [0.15, 0.2) is 36.4 Å². The molecule has 1 aromatic carbocycles. The van der Waals surface area contributed by atoms with Crippen LogP contribution >= 0.6 is 0 Å². The minimum atomic E-state index is -0.0194. The van der Waals surface area contributed by atoms with Gasteiger partial charge in [0.25, 0.3) is 5.91 Å². The monoisotopic (exact) mass is 364 g/mol. The van der Waals surface area contributed by atoms with Gasteiger partial charge < -0.3 is 9.80 Å². The third-order valence-corrected chi connectivity index (χ3v) is 5.72. The summed E-state index contributed by atoms with van der Waals surface area (Å²) in [6.07, 6.45) is 3.59. The molecule has 0 aliphatic carbocycles. The number of likely N-dealkylation sites (N-methyl/N-ethyl adjacent to an activating group) is 1. The van der Waals surface area contributed by atoms with E-state index in [2.05, 4.69) is 39.0 Å². The fraction of sp³-hybridized carbons (Fsp3) is 0.455. The van der Waals surface area contributed by atoms with Gasteiger partial charge in [-0.25, -0.2) is 4.98 Å². The number of anilines is 1. The first kappa shape index (κ1) is 18.0. The Hall–Kier alpha value is -2.40. The standard InChI is InChI=1S/C22H28N4O/c1-24-14-11-17-9-10-20(23-21(17)24)22(27)25(2)15-18-7-3-4-8-19(18)16-26-12-5-6-13-26/h3-4,7-10H,5-6,11-16H2,1-2H3. The molecule has 0 unspecified atom stereocenters. The molecule has 1 amide bonds. The number of aromatic nitrogens is 1. The van der Waals surface area contributed by atoms with Gasteiger partial charge >= 0.3 is 0 Å². The second kappa shape index (κ2) is 7.69. The van der Waals surface area contributed by atoms with Crippen molar-refractivity contribution in [2.45, 2.75) is 32.4 Å². The zero-order valence-electron chi connectivity index (χ0n) is 16.3. The van der Waals surface area contributed by atoms with Crippen molar-refractivity contribution in [3.63, 3.8) is 0 Å². The number of nitrogens with zero attached hydrogens (tertiary/aromatic N) is 4. The van der Waals surface area contributed by atoms with E-state index in [0.29, 0.717) is 12.2 Å². The van der Waals surface area contributed by atoms with Crippen LogP contribution in [-0.4, -0.2) is 54.4 Å². The first-order valence-electron chi connectivity index (χ1n) is 9.87. The number of benzene rings is 1. The summed E-state index contributed by atoms with van der Waals surface area (Å²) in [5.41, 5.74) is 4.30. The van der Waals surface area contributed by atoms with Crippen LogP contribution in [0.1, 0.15) is 40.0 Å². The smallest absolute Gasteiger partial charge is 0.272 e. The summed E-state index contributed by atoms with van der Waals surface area (Å²) < 4.78 is 0. The Labute approximate surface area is 161 Å². The number of pyridine rings is 1. The van der Waals surface area contributed by atoms with Crippen LogP contribution in [0.2, 0.25) is 0 Å². The van der Waals surface area contributed by atoms with E-state index < -0.39 is 0 Å². The summed E-state index contributed by atoms with van der Waals surface area (Å²) in [5, 5.41) is 0. The number of fused-ring (bicyclic) bond motifs is 1. The molecule has 0 bridgehead atoms. The zero-order valence-corrected chi connectivity index (χ0v) is 16.3. The fourth-order valence-electron chi connectivity index (χ4n) is 4.09. The summed E-state index contributed by atoms with van der Waals surface area (Å²) in [6, 6.07) is 12.4. The van der Waals surface area contributed by atoms with Crippen molar-refractivity contribution in [1.29, 1.82) is 0 Å². The highest BCUT2D eigenvalue weighted by Gasteiger charge is 2.22. The minimum Gasteiger partial charge on any atom is -0.359 e. The minimum absolute atomic E-state index is 0.0194. The van der Waals surface area contributed by atoms with Gasteiger partial charge in [0, 0.05) is 33.7 Å². The van der Waals surface area contributed by atoms with Crippen LogP contribution in [0.25, 0.3) is 0 Å². The maximum atomic E-state index is 12.9. The van der Waals surface area contributed by atoms with Crippen LogP contribution in [-0.2, 0) is 19.5 Å². The fourth-order valence-corrected chi connectivity index (χ4v) is 4.09. The van der Waals surface area contributed by atoms with Crippen LogP contribution in [0.3, 0.4) is 0 Å². The van der Waals surface area contributed by atoms with Gasteiger partial charge in [-0.3, -0.25) is 9.69 Å². The van der Waals surface area contributed by atoms with Crippen molar-refractivity contribution in [2.24, 2.45) is 0 Å². The number of rotatable bonds is 5. The SMILES string of the molecule is CN(Cc1ccccc1CN1CCCC1)C(=O)c1ccc2c(n1)N(C)CC2. The largest absolute Gasteiger partial charge is 0.359 e. The van der Waals surface area contributed by atoms with Gasteiger partial charge in [0.2, 0.25) is 0 Å². The Kier molecular flexibility index (Phi) is 5.12. The molecule has 1 saturated heterocycles. The van der Waals surface area contributed by atoms with E-state index in [-0.39, 0.29) is 5.91 Å². The van der Waals surface area contributed by atoms with Crippen molar-refractivity contribution < 1.29 is 4.79 Å². The number of hydrogen-bond donors (Lipinski definition) is 0. The van der Waals surface area contributed by atoms with Crippen molar-refractivity contribution in [3.05, 3.63) is 58.8 Å². The molecule has 4 rings (SSSR count). The van der Waals surface area contributed by atoms with Gasteiger partial charge in [0.05, 0.1) is 0 Å². The molecule has 1 aromatic heterocycles. The van der Waals surface area contributed by atoms with E-state index >= 15 is 0 Å². The van der Waals surface area contributed by atoms with E-state index in [1.807, 2.05) is 26.2 Å². The molecule has 27 heavy (non-hydrogen) atoms. The molecule has 142 valence electrons. The molecule has 2 aromatic rings. The van der Waals surface area contributed by atoms with Gasteiger partial charge in [0.1, 0.15) is 11.5 Å². The number of carbonyl (C=O) groups excluding carboxylic acids is 1. The van der Waals surface area contributed by atoms with Crippen molar-refractivity contribution in [3.8, 4) is 0 Å². The second-order valence-corrected chi connectivity index (χ2v) is 7.76. The second-order valence-electron chi connectivity index (χ2n) is 7.76. The van der Waals surface area contributed by atoms with Gasteiger partial charge in [-0.2, -0.15) is 0 Å². The Balaban J connectivity index is 1.48. The molecule has 3 heterocycles. The molecule has 2 aliphatic heterocycles. The molecule has 0 spiro atoms. The first-order chi connectivity index (χ1) is 13.1. The molecular weight excluding hydrogens is 336 g/mol. The third-order valence-electron chi connectivity index (χ3n) is 5.72. The average molecular weight is 364 g/mol. The Bertz CT molecular complexity index is 829. The summed E-state index contributed by atoms with van der Waals surface area (Å²) in [4.78, 5) is 24.0. The highest BCUT2D eigenvalue weighted by molar-refractivity contribution is 5.92. The lowest BCUT2D eigenvalue weighted by molar-refractivity contribution is 0.0779. The highest BCUT2D eigenvalue weighted by atomic mass is 16.2. The zero-order chi connectivity index (χ0) is 18.8. The third kappa shape index (κ3) is 3.83. The quantitative estimate of drug-likeness (QED) is 0.818. The Morgan fingerprint density at radius 1 is 1.07 bits per heavy atom. The van der Waals surface area contributed by atoms with Crippen LogP contribution in [0.5, 0.6) is 0 Å². The Morgan fingerprint density at radius 3 is 2.59 bits per heavy atom. The van der Waals surface area contributed by atoms with Crippen LogP contribution < -0.4 is 4.90 Å². The van der Waals surface area contributed by atoms with E-state index in [1.165, 1.54) is 42.6 Å². The molecule has 1 fully saturated rings. The Morgan fingerprint density at radius 2 is 1.81 bits per heavy atom. The van der Waals surface area contributed by atoms with Gasteiger partial charge in [-0.1, -0.05) is 30.3 Å². The molecular formula is C22H28N4O. The van der Waals surface area contributed by atoms with Gasteiger partial charge in [-0.15, -0.1) is 0 Å².